The van der Waals surface area contributed by atoms with Crippen LogP contribution >= 0.6 is 0 Å². The van der Waals surface area contributed by atoms with Crippen molar-refractivity contribution in [2.24, 2.45) is 0 Å². The van der Waals surface area contributed by atoms with Crippen LogP contribution in [0.4, 0.5) is 11.4 Å². The fourth-order valence-electron chi connectivity index (χ4n) is 2.36. The Labute approximate surface area is 107 Å². The summed E-state index contributed by atoms with van der Waals surface area (Å²) in [6, 6.07) is 5.86. The number of nitrogens with zero attached hydrogens (tertiary/aromatic N) is 1. The number of hydrogen-bond acceptors (Lipinski definition) is 4. The summed E-state index contributed by atoms with van der Waals surface area (Å²) in [4.78, 5) is 10.4. The van der Waals surface area contributed by atoms with Crippen LogP contribution in [0.2, 0.25) is 0 Å². The molecule has 1 aliphatic heterocycles. The number of nitro groups is 1. The van der Waals surface area contributed by atoms with Crippen molar-refractivity contribution in [3.05, 3.63) is 33.9 Å². The van der Waals surface area contributed by atoms with Crippen molar-refractivity contribution in [1.82, 2.24) is 5.32 Å². The molecule has 98 valence electrons. The Bertz CT molecular complexity index is 448. The zero-order valence-corrected chi connectivity index (χ0v) is 10.8. The molecule has 1 fully saturated rings. The van der Waals surface area contributed by atoms with Crippen LogP contribution in [0.15, 0.2) is 18.2 Å². The molecule has 2 atom stereocenters. The molecule has 1 aliphatic rings. The van der Waals surface area contributed by atoms with Crippen molar-refractivity contribution < 1.29 is 4.92 Å². The van der Waals surface area contributed by atoms with Gasteiger partial charge in [0.25, 0.3) is 5.69 Å². The van der Waals surface area contributed by atoms with Gasteiger partial charge < -0.3 is 10.6 Å². The lowest BCUT2D eigenvalue weighted by Gasteiger charge is -2.29. The van der Waals surface area contributed by atoms with Crippen molar-refractivity contribution in [3.63, 3.8) is 0 Å². The van der Waals surface area contributed by atoms with E-state index in [2.05, 4.69) is 17.6 Å². The summed E-state index contributed by atoms with van der Waals surface area (Å²) in [7, 11) is 0. The number of nitrogens with one attached hydrogen (secondary N) is 2. The third-order valence-corrected chi connectivity index (χ3v) is 3.42. The molecule has 5 nitrogen and oxygen atoms in total. The van der Waals surface area contributed by atoms with Crippen molar-refractivity contribution in [2.75, 3.05) is 11.9 Å². The van der Waals surface area contributed by atoms with Gasteiger partial charge in [-0.3, -0.25) is 10.1 Å². The second kappa shape index (κ2) is 5.35. The number of rotatable bonds is 3. The lowest BCUT2D eigenvalue weighted by atomic mass is 10.00. The number of nitro benzene ring substituents is 1. The van der Waals surface area contributed by atoms with E-state index in [4.69, 9.17) is 0 Å². The van der Waals surface area contributed by atoms with E-state index in [1.165, 1.54) is 0 Å². The first-order valence-corrected chi connectivity index (χ1v) is 6.31. The maximum atomic E-state index is 10.8. The van der Waals surface area contributed by atoms with E-state index < -0.39 is 0 Å². The van der Waals surface area contributed by atoms with E-state index in [0.717, 1.165) is 30.6 Å². The molecule has 5 heteroatoms. The molecule has 0 radical (unpaired) electrons. The highest BCUT2D eigenvalue weighted by atomic mass is 16.6. The van der Waals surface area contributed by atoms with Crippen LogP contribution in [0.1, 0.15) is 25.3 Å². The van der Waals surface area contributed by atoms with Crippen molar-refractivity contribution in [1.29, 1.82) is 0 Å². The maximum absolute atomic E-state index is 10.8. The zero-order valence-electron chi connectivity index (χ0n) is 10.8. The minimum absolute atomic E-state index is 0.144. The van der Waals surface area contributed by atoms with E-state index in [0.29, 0.717) is 12.1 Å². The van der Waals surface area contributed by atoms with Gasteiger partial charge in [-0.15, -0.1) is 0 Å². The van der Waals surface area contributed by atoms with Gasteiger partial charge in [-0.1, -0.05) is 6.07 Å². The van der Waals surface area contributed by atoms with Gasteiger partial charge in [0, 0.05) is 29.9 Å². The molecular formula is C13H19N3O2. The normalized spacial score (nSPS) is 23.7. The molecule has 1 heterocycles. The second-order valence-electron chi connectivity index (χ2n) is 4.98. The summed E-state index contributed by atoms with van der Waals surface area (Å²) in [6.07, 6.45) is 2.09. The first-order valence-electron chi connectivity index (χ1n) is 6.31. The van der Waals surface area contributed by atoms with E-state index in [1.807, 2.05) is 6.92 Å². The fraction of sp³-hybridized carbons (Fsp3) is 0.538. The molecule has 2 unspecified atom stereocenters. The molecule has 0 aromatic heterocycles. The summed E-state index contributed by atoms with van der Waals surface area (Å²) >= 11 is 0. The average Bonchev–Trinajstić information content (AvgIpc) is 2.31. The van der Waals surface area contributed by atoms with Crippen molar-refractivity contribution in [2.45, 2.75) is 38.8 Å². The summed E-state index contributed by atoms with van der Waals surface area (Å²) in [5, 5.41) is 17.6. The Kier molecular flexibility index (Phi) is 3.81. The molecule has 1 saturated heterocycles. The van der Waals surface area contributed by atoms with Gasteiger partial charge in [-0.05, 0) is 38.8 Å². The van der Waals surface area contributed by atoms with Gasteiger partial charge in [0.05, 0.1) is 4.92 Å². The quantitative estimate of drug-likeness (QED) is 0.638. The van der Waals surface area contributed by atoms with E-state index in [-0.39, 0.29) is 10.6 Å². The Morgan fingerprint density at radius 3 is 2.94 bits per heavy atom. The van der Waals surface area contributed by atoms with Crippen LogP contribution in [0.25, 0.3) is 0 Å². The van der Waals surface area contributed by atoms with E-state index in [1.54, 1.807) is 18.2 Å². The van der Waals surface area contributed by atoms with Crippen LogP contribution in [-0.4, -0.2) is 23.6 Å². The summed E-state index contributed by atoms with van der Waals surface area (Å²) < 4.78 is 0. The van der Waals surface area contributed by atoms with Gasteiger partial charge in [-0.25, -0.2) is 0 Å². The molecule has 0 bridgehead atoms. The number of non-ortho nitro benzene ring substituents is 1. The number of hydrogen-bond donors (Lipinski definition) is 2. The highest BCUT2D eigenvalue weighted by Crippen LogP contribution is 2.24. The topological polar surface area (TPSA) is 67.2 Å². The second-order valence-corrected chi connectivity index (χ2v) is 4.98. The van der Waals surface area contributed by atoms with Crippen LogP contribution < -0.4 is 10.6 Å². The predicted molar refractivity (Wildman–Crippen MR) is 71.9 cm³/mol. The minimum atomic E-state index is -0.352. The molecule has 18 heavy (non-hydrogen) atoms. The number of anilines is 1. The molecular weight excluding hydrogens is 230 g/mol. The summed E-state index contributed by atoms with van der Waals surface area (Å²) in [6.45, 7) is 5.12. The molecule has 0 aliphatic carbocycles. The smallest absolute Gasteiger partial charge is 0.271 e. The molecule has 0 amide bonds. The van der Waals surface area contributed by atoms with Gasteiger partial charge in [-0.2, -0.15) is 0 Å². The van der Waals surface area contributed by atoms with Crippen LogP contribution in [-0.2, 0) is 0 Å². The van der Waals surface area contributed by atoms with Crippen LogP contribution in [0.5, 0.6) is 0 Å². The van der Waals surface area contributed by atoms with Gasteiger partial charge in [0.2, 0.25) is 0 Å². The maximum Gasteiger partial charge on any atom is 0.271 e. The monoisotopic (exact) mass is 249 g/mol. The lowest BCUT2D eigenvalue weighted by Crippen LogP contribution is -2.41. The van der Waals surface area contributed by atoms with Gasteiger partial charge >= 0.3 is 0 Å². The van der Waals surface area contributed by atoms with Crippen molar-refractivity contribution >= 4 is 11.4 Å². The van der Waals surface area contributed by atoms with Crippen LogP contribution in [0, 0.1) is 17.0 Å². The minimum Gasteiger partial charge on any atom is -0.382 e. The number of benzene rings is 1. The van der Waals surface area contributed by atoms with Crippen molar-refractivity contribution in [3.8, 4) is 0 Å². The first-order chi connectivity index (χ1) is 8.56. The molecule has 1 aromatic carbocycles. The SMILES string of the molecule is Cc1ccc([N+](=O)[O-])cc1NC1CCNC(C)C1. The highest BCUT2D eigenvalue weighted by molar-refractivity contribution is 5.57. The standard InChI is InChI=1S/C13H19N3O2/c1-9-3-4-12(16(17)18)8-13(9)15-11-5-6-14-10(2)7-11/h3-4,8,10-11,14-15H,5-7H2,1-2H3. The molecule has 2 N–H and O–H groups in total. The van der Waals surface area contributed by atoms with Crippen LogP contribution in [0.3, 0.4) is 0 Å². The predicted octanol–water partition coefficient (Wildman–Crippen LogP) is 2.46. The highest BCUT2D eigenvalue weighted by Gasteiger charge is 2.19. The Balaban J connectivity index is 2.12. The Morgan fingerprint density at radius 1 is 1.50 bits per heavy atom. The van der Waals surface area contributed by atoms with E-state index in [9.17, 15) is 10.1 Å². The molecule has 2 rings (SSSR count). The Morgan fingerprint density at radius 2 is 2.28 bits per heavy atom. The third-order valence-electron chi connectivity index (χ3n) is 3.42. The molecule has 0 spiro atoms. The first kappa shape index (κ1) is 12.8. The average molecular weight is 249 g/mol. The molecule has 0 saturated carbocycles. The number of piperidine rings is 1. The molecule has 1 aromatic rings. The largest absolute Gasteiger partial charge is 0.382 e. The third kappa shape index (κ3) is 2.98. The Hall–Kier alpha value is -1.62. The summed E-state index contributed by atoms with van der Waals surface area (Å²) in [5.74, 6) is 0. The van der Waals surface area contributed by atoms with Gasteiger partial charge in [0.1, 0.15) is 0 Å². The van der Waals surface area contributed by atoms with Gasteiger partial charge in [0.15, 0.2) is 0 Å². The lowest BCUT2D eigenvalue weighted by molar-refractivity contribution is -0.384. The number of aryl methyl sites for hydroxylation is 1. The van der Waals surface area contributed by atoms with E-state index >= 15 is 0 Å². The fourth-order valence-corrected chi connectivity index (χ4v) is 2.36. The zero-order chi connectivity index (χ0) is 13.1. The summed E-state index contributed by atoms with van der Waals surface area (Å²) in [5.41, 5.74) is 2.07.